The summed E-state index contributed by atoms with van der Waals surface area (Å²) in [4.78, 5) is 5.21. The summed E-state index contributed by atoms with van der Waals surface area (Å²) in [7, 11) is 0. The Morgan fingerprint density at radius 2 is 0.946 bits per heavy atom. The molecule has 3 heterocycles. The van der Waals surface area contributed by atoms with Crippen LogP contribution in [-0.2, 0) is 0 Å². The van der Waals surface area contributed by atoms with Gasteiger partial charge in [-0.2, -0.15) is 0 Å². The molecule has 8 aromatic carbocycles. The molecule has 0 radical (unpaired) electrons. The van der Waals surface area contributed by atoms with Gasteiger partial charge in [-0.3, -0.25) is 0 Å². The summed E-state index contributed by atoms with van der Waals surface area (Å²) in [5.74, 6) is 0. The Kier molecular flexibility index (Phi) is 7.49. The van der Waals surface area contributed by atoms with Gasteiger partial charge in [0.2, 0.25) is 0 Å². The molecule has 0 aliphatic rings. The van der Waals surface area contributed by atoms with E-state index in [1.807, 2.05) is 6.07 Å². The number of fused-ring (bicyclic) bond motifs is 6. The minimum Gasteiger partial charge on any atom is -0.455 e. The zero-order valence-corrected chi connectivity index (χ0v) is 30.4. The van der Waals surface area contributed by atoms with E-state index in [1.54, 1.807) is 0 Å². The summed E-state index contributed by atoms with van der Waals surface area (Å²) in [5.41, 5.74) is 16.0. The molecule has 0 spiro atoms. The van der Waals surface area contributed by atoms with Crippen molar-refractivity contribution in [3.63, 3.8) is 0 Å². The van der Waals surface area contributed by atoms with Crippen LogP contribution in [0.5, 0.6) is 0 Å². The Balaban J connectivity index is 1.06. The molecule has 262 valence electrons. The molecule has 0 saturated carbocycles. The van der Waals surface area contributed by atoms with Crippen molar-refractivity contribution < 1.29 is 4.42 Å². The van der Waals surface area contributed by atoms with E-state index in [4.69, 9.17) is 9.40 Å². The van der Waals surface area contributed by atoms with Crippen molar-refractivity contribution >= 4 is 43.7 Å². The lowest BCUT2D eigenvalue weighted by Gasteiger charge is -2.11. The van der Waals surface area contributed by atoms with Crippen LogP contribution < -0.4 is 0 Å². The van der Waals surface area contributed by atoms with Gasteiger partial charge < -0.3 is 8.98 Å². The van der Waals surface area contributed by atoms with Gasteiger partial charge in [-0.25, -0.2) is 4.98 Å². The quantitative estimate of drug-likeness (QED) is 0.172. The second-order valence-electron chi connectivity index (χ2n) is 14.3. The molecule has 0 fully saturated rings. The number of hydrogen-bond donors (Lipinski definition) is 0. The normalized spacial score (nSPS) is 11.6. The van der Waals surface area contributed by atoms with Crippen molar-refractivity contribution in [1.82, 2.24) is 9.55 Å². The maximum absolute atomic E-state index is 6.81. The molecule has 0 atom stereocenters. The van der Waals surface area contributed by atoms with E-state index >= 15 is 0 Å². The molecule has 56 heavy (non-hydrogen) atoms. The Labute approximate surface area is 324 Å². The van der Waals surface area contributed by atoms with Gasteiger partial charge in [0.1, 0.15) is 11.2 Å². The highest BCUT2D eigenvalue weighted by Crippen LogP contribution is 2.43. The molecule has 0 aliphatic carbocycles. The number of para-hydroxylation sites is 3. The third-order valence-electron chi connectivity index (χ3n) is 11.0. The lowest BCUT2D eigenvalue weighted by atomic mass is 9.95. The molecule has 3 aromatic heterocycles. The minimum absolute atomic E-state index is 0.870. The number of pyridine rings is 1. The maximum Gasteiger partial charge on any atom is 0.143 e. The van der Waals surface area contributed by atoms with Gasteiger partial charge in [-0.15, -0.1) is 0 Å². The van der Waals surface area contributed by atoms with Crippen LogP contribution in [0.25, 0.3) is 105 Å². The van der Waals surface area contributed by atoms with Crippen LogP contribution >= 0.6 is 0 Å². The molecule has 3 nitrogen and oxygen atoms in total. The van der Waals surface area contributed by atoms with Crippen LogP contribution in [-0.4, -0.2) is 9.55 Å². The summed E-state index contributed by atoms with van der Waals surface area (Å²) in [6, 6.07) is 73.1. The number of aromatic nitrogens is 2. The van der Waals surface area contributed by atoms with E-state index in [0.717, 1.165) is 83.5 Å². The molecule has 0 unspecified atom stereocenters. The van der Waals surface area contributed by atoms with Crippen molar-refractivity contribution in [2.75, 3.05) is 0 Å². The smallest absolute Gasteiger partial charge is 0.143 e. The largest absolute Gasteiger partial charge is 0.455 e. The predicted octanol–water partition coefficient (Wildman–Crippen LogP) is 14.4. The van der Waals surface area contributed by atoms with E-state index in [-0.39, 0.29) is 0 Å². The molecule has 0 N–H and O–H groups in total. The van der Waals surface area contributed by atoms with Gasteiger partial charge >= 0.3 is 0 Å². The monoisotopic (exact) mass is 714 g/mol. The highest BCUT2D eigenvalue weighted by Gasteiger charge is 2.19. The van der Waals surface area contributed by atoms with Crippen LogP contribution in [0, 0.1) is 0 Å². The summed E-state index contributed by atoms with van der Waals surface area (Å²) in [5, 5.41) is 4.69. The number of rotatable bonds is 6. The highest BCUT2D eigenvalue weighted by molar-refractivity contribution is 6.17. The fourth-order valence-electron chi connectivity index (χ4n) is 8.39. The first-order valence-corrected chi connectivity index (χ1v) is 19.0. The molecule has 11 rings (SSSR count). The van der Waals surface area contributed by atoms with E-state index in [0.29, 0.717) is 0 Å². The molecule has 0 amide bonds. The van der Waals surface area contributed by atoms with Gasteiger partial charge in [0.05, 0.1) is 22.4 Å². The first kappa shape index (κ1) is 32.0. The number of nitrogens with zero attached hydrogens (tertiary/aromatic N) is 2. The Hall–Kier alpha value is -7.49. The van der Waals surface area contributed by atoms with Crippen LogP contribution in [0.4, 0.5) is 0 Å². The summed E-state index contributed by atoms with van der Waals surface area (Å²) < 4.78 is 9.18. The van der Waals surface area contributed by atoms with Crippen LogP contribution in [0.2, 0.25) is 0 Å². The van der Waals surface area contributed by atoms with Gasteiger partial charge in [0.25, 0.3) is 0 Å². The summed E-state index contributed by atoms with van der Waals surface area (Å²) in [6.45, 7) is 0. The Bertz CT molecular complexity index is 3170. The summed E-state index contributed by atoms with van der Waals surface area (Å²) in [6.07, 6.45) is 0. The van der Waals surface area contributed by atoms with Crippen LogP contribution in [0.15, 0.2) is 211 Å². The predicted molar refractivity (Wildman–Crippen MR) is 233 cm³/mol. The molecule has 0 bridgehead atoms. The van der Waals surface area contributed by atoms with Gasteiger partial charge in [-0.1, -0.05) is 158 Å². The fourth-order valence-corrected chi connectivity index (χ4v) is 8.39. The zero-order chi connectivity index (χ0) is 37.0. The van der Waals surface area contributed by atoms with Gasteiger partial charge in [0, 0.05) is 43.9 Å². The molecular formula is C53H34N2O. The second kappa shape index (κ2) is 13.1. The van der Waals surface area contributed by atoms with Crippen molar-refractivity contribution in [3.8, 4) is 61.6 Å². The average Bonchev–Trinajstić information content (AvgIpc) is 3.83. The van der Waals surface area contributed by atoms with E-state index < -0.39 is 0 Å². The third kappa shape index (κ3) is 5.32. The molecule has 3 heteroatoms. The lowest BCUT2D eigenvalue weighted by Crippen LogP contribution is -1.93. The number of hydrogen-bond acceptors (Lipinski definition) is 2. The third-order valence-corrected chi connectivity index (χ3v) is 11.0. The maximum atomic E-state index is 6.81. The van der Waals surface area contributed by atoms with E-state index in [2.05, 4.69) is 205 Å². The molecule has 0 aliphatic heterocycles. The Morgan fingerprint density at radius 1 is 0.357 bits per heavy atom. The van der Waals surface area contributed by atoms with E-state index in [9.17, 15) is 0 Å². The highest BCUT2D eigenvalue weighted by atomic mass is 16.3. The zero-order valence-electron chi connectivity index (χ0n) is 30.4. The van der Waals surface area contributed by atoms with Gasteiger partial charge in [0.15, 0.2) is 0 Å². The van der Waals surface area contributed by atoms with Crippen LogP contribution in [0.3, 0.4) is 0 Å². The standard InChI is InChI=1S/C53H34N2O/c1-4-15-35(16-5-1)40-32-47(36-17-6-2-7-18-36)54-48(33-40)39-20-12-19-37(31-39)43-25-13-26-46-52-42(24-14-28-51(52)56-53(43)46)38-29-30-45-44-23-10-11-27-49(44)55(50(45)34-38)41-21-8-3-9-22-41/h1-34H. The lowest BCUT2D eigenvalue weighted by molar-refractivity contribution is 0.670. The molecular weight excluding hydrogens is 681 g/mol. The topological polar surface area (TPSA) is 31.0 Å². The van der Waals surface area contributed by atoms with Crippen LogP contribution in [0.1, 0.15) is 0 Å². The SMILES string of the molecule is c1ccc(-c2cc(-c3ccccc3)nc(-c3cccc(-c4cccc5c4oc4cccc(-c6ccc7c8ccccc8n(-c8ccccc8)c7c6)c45)c3)c2)cc1. The van der Waals surface area contributed by atoms with Crippen molar-refractivity contribution in [2.45, 2.75) is 0 Å². The van der Waals surface area contributed by atoms with Crippen molar-refractivity contribution in [1.29, 1.82) is 0 Å². The molecule has 11 aromatic rings. The first-order valence-electron chi connectivity index (χ1n) is 19.0. The second-order valence-corrected chi connectivity index (χ2v) is 14.3. The minimum atomic E-state index is 0.870. The fraction of sp³-hybridized carbons (Fsp3) is 0. The van der Waals surface area contributed by atoms with Gasteiger partial charge in [-0.05, 0) is 76.3 Å². The van der Waals surface area contributed by atoms with Crippen molar-refractivity contribution in [3.05, 3.63) is 206 Å². The summed E-state index contributed by atoms with van der Waals surface area (Å²) >= 11 is 0. The van der Waals surface area contributed by atoms with E-state index in [1.165, 1.54) is 21.8 Å². The average molecular weight is 715 g/mol. The first-order chi connectivity index (χ1) is 27.8. The molecule has 0 saturated heterocycles. The number of benzene rings is 8. The number of furan rings is 1. The van der Waals surface area contributed by atoms with Crippen molar-refractivity contribution in [2.24, 2.45) is 0 Å². The Morgan fingerprint density at radius 3 is 1.77 bits per heavy atom.